The van der Waals surface area contributed by atoms with Crippen LogP contribution in [0.15, 0.2) is 6.07 Å². The van der Waals surface area contributed by atoms with E-state index in [0.717, 1.165) is 11.5 Å². The van der Waals surface area contributed by atoms with Crippen LogP contribution in [0.25, 0.3) is 0 Å². The van der Waals surface area contributed by atoms with E-state index in [1.807, 2.05) is 64.7 Å². The molecule has 0 heterocycles. The van der Waals surface area contributed by atoms with Crippen molar-refractivity contribution in [1.82, 2.24) is 0 Å². The second kappa shape index (κ2) is 8.70. The molecule has 2 aliphatic carbocycles. The van der Waals surface area contributed by atoms with Gasteiger partial charge in [0.05, 0.1) is 0 Å². The predicted molar refractivity (Wildman–Crippen MR) is 80.3 cm³/mol. The van der Waals surface area contributed by atoms with Gasteiger partial charge in [-0.2, -0.15) is 0 Å². The van der Waals surface area contributed by atoms with Crippen molar-refractivity contribution in [2.75, 3.05) is 0 Å². The molecule has 0 spiro atoms. The molecule has 3 heteroatoms. The third-order valence-corrected chi connectivity index (χ3v) is 3.22. The molecule has 2 aliphatic rings. The number of aromatic hydroxyl groups is 2. The maximum absolute atomic E-state index is 9.86. The summed E-state index contributed by atoms with van der Waals surface area (Å²) < 4.78 is 0. The normalized spacial score (nSPS) is 18.0. The summed E-state index contributed by atoms with van der Waals surface area (Å²) in [6.45, 7) is 3.58. The quantitative estimate of drug-likeness (QED) is 0.614. The predicted octanol–water partition coefficient (Wildman–Crippen LogP) is 3.49. The average Bonchev–Trinajstić information content (AvgIpc) is 3.11. The Morgan fingerprint density at radius 2 is 1.24 bits per heavy atom. The second-order valence-electron chi connectivity index (χ2n) is 4.70. The minimum Gasteiger partial charge on any atom is -0.508 e. The molecule has 21 heavy (non-hydrogen) atoms. The van der Waals surface area contributed by atoms with Crippen molar-refractivity contribution in [2.24, 2.45) is 0 Å². The van der Waals surface area contributed by atoms with Crippen molar-refractivity contribution < 1.29 is 27.3 Å². The summed E-state index contributed by atoms with van der Waals surface area (Å²) in [6.07, 6.45) is 17.6. The summed E-state index contributed by atoms with van der Waals surface area (Å²) in [5, 5.41) is 19.7. The van der Waals surface area contributed by atoms with Gasteiger partial charge in [-0.25, -0.2) is 0 Å². The van der Waals surface area contributed by atoms with Gasteiger partial charge in [0.15, 0.2) is 0 Å². The van der Waals surface area contributed by atoms with E-state index < -0.39 is 0 Å². The molecule has 0 unspecified atom stereocenters. The van der Waals surface area contributed by atoms with E-state index in [2.05, 4.69) is 0 Å². The fourth-order valence-corrected chi connectivity index (χ4v) is 2.18. The molecular weight excluding hydrogens is 304 g/mol. The fourth-order valence-electron chi connectivity index (χ4n) is 2.18. The van der Waals surface area contributed by atoms with Crippen LogP contribution >= 0.6 is 0 Å². The van der Waals surface area contributed by atoms with Crippen LogP contribution in [0.4, 0.5) is 0 Å². The standard InChI is InChI=1S/C13H13O2.C5H5.Fe/c1-8-7-11(14)12(9(2)13(8)15)10-5-3-4-6-10;1-2-4-5-3-1;/h3-7,14-15H,1-2H3;1-5H;. The first-order chi connectivity index (χ1) is 9.61. The largest absolute Gasteiger partial charge is 0.508 e. The number of aryl methyl sites for hydroxylation is 1. The summed E-state index contributed by atoms with van der Waals surface area (Å²) in [7, 11) is 0. The zero-order chi connectivity index (χ0) is 14.5. The van der Waals surface area contributed by atoms with Crippen LogP contribution in [-0.4, -0.2) is 10.2 Å². The summed E-state index contributed by atoms with van der Waals surface area (Å²) in [6, 6.07) is 1.59. The zero-order valence-corrected chi connectivity index (χ0v) is 13.1. The van der Waals surface area contributed by atoms with Crippen molar-refractivity contribution in [2.45, 2.75) is 13.8 Å². The first kappa shape index (κ1) is 18.4. The molecule has 2 N–H and O–H groups in total. The first-order valence-corrected chi connectivity index (χ1v) is 6.52. The first-order valence-electron chi connectivity index (χ1n) is 6.52. The van der Waals surface area contributed by atoms with Gasteiger partial charge in [-0.3, -0.25) is 0 Å². The molecule has 3 rings (SSSR count). The Labute approximate surface area is 139 Å². The van der Waals surface area contributed by atoms with Crippen LogP contribution in [0, 0.1) is 77.6 Å². The van der Waals surface area contributed by atoms with E-state index in [0.29, 0.717) is 11.1 Å². The van der Waals surface area contributed by atoms with Crippen LogP contribution in [0.2, 0.25) is 0 Å². The monoisotopic (exact) mass is 322 g/mol. The molecule has 1 aromatic rings. The molecule has 0 bridgehead atoms. The Morgan fingerprint density at radius 3 is 1.71 bits per heavy atom. The Morgan fingerprint density at radius 1 is 0.762 bits per heavy atom. The number of benzene rings is 1. The maximum Gasteiger partial charge on any atom is 0.121 e. The molecule has 0 atom stereocenters. The van der Waals surface area contributed by atoms with Gasteiger partial charge in [0.1, 0.15) is 11.5 Å². The molecule has 0 aliphatic heterocycles. The van der Waals surface area contributed by atoms with Gasteiger partial charge in [0, 0.05) is 28.6 Å². The molecule has 110 valence electrons. The Hall–Kier alpha value is -0.661. The Bertz CT molecular complexity index is 439. The SMILES string of the molecule is Cc1cc(O)c([C]2[CH][CH][CH][CH]2)c(C)c1O.[CH]1[CH][CH][CH][CH]1.[Fe]. The van der Waals surface area contributed by atoms with Crippen LogP contribution < -0.4 is 0 Å². The molecule has 10 radical (unpaired) electrons. The number of phenols is 2. The summed E-state index contributed by atoms with van der Waals surface area (Å²) in [4.78, 5) is 0. The van der Waals surface area contributed by atoms with Gasteiger partial charge in [-0.05, 0) is 88.8 Å². The van der Waals surface area contributed by atoms with Gasteiger partial charge in [-0.1, -0.05) is 0 Å². The van der Waals surface area contributed by atoms with E-state index in [4.69, 9.17) is 0 Å². The van der Waals surface area contributed by atoms with Gasteiger partial charge < -0.3 is 10.2 Å². The van der Waals surface area contributed by atoms with Crippen molar-refractivity contribution in [1.29, 1.82) is 0 Å². The average molecular weight is 322 g/mol. The van der Waals surface area contributed by atoms with E-state index in [1.165, 1.54) is 0 Å². The maximum atomic E-state index is 9.86. The molecular formula is C18H18FeO2. The van der Waals surface area contributed by atoms with Gasteiger partial charge in [-0.15, -0.1) is 0 Å². The topological polar surface area (TPSA) is 40.5 Å². The van der Waals surface area contributed by atoms with Crippen molar-refractivity contribution in [3.63, 3.8) is 0 Å². The van der Waals surface area contributed by atoms with E-state index in [9.17, 15) is 10.2 Å². The minimum absolute atomic E-state index is 0. The second-order valence-corrected chi connectivity index (χ2v) is 4.70. The summed E-state index contributed by atoms with van der Waals surface area (Å²) in [5.74, 6) is 1.40. The van der Waals surface area contributed by atoms with Crippen molar-refractivity contribution in [3.8, 4) is 11.5 Å². The van der Waals surface area contributed by atoms with E-state index >= 15 is 0 Å². The van der Waals surface area contributed by atoms with Crippen LogP contribution in [0.1, 0.15) is 16.7 Å². The number of rotatable bonds is 1. The minimum atomic E-state index is 0. The van der Waals surface area contributed by atoms with Gasteiger partial charge in [0.2, 0.25) is 0 Å². The molecule has 2 saturated carbocycles. The van der Waals surface area contributed by atoms with Gasteiger partial charge >= 0.3 is 0 Å². The van der Waals surface area contributed by atoms with Crippen molar-refractivity contribution in [3.05, 3.63) is 86.5 Å². The van der Waals surface area contributed by atoms with E-state index in [1.54, 1.807) is 13.0 Å². The van der Waals surface area contributed by atoms with E-state index in [-0.39, 0.29) is 28.6 Å². The van der Waals surface area contributed by atoms with Crippen molar-refractivity contribution >= 4 is 0 Å². The molecule has 1 aromatic carbocycles. The number of phenolic OH excluding ortho intramolecular Hbond substituents is 2. The molecule has 2 fully saturated rings. The Balaban J connectivity index is 0.000000313. The fraction of sp³-hybridized carbons (Fsp3) is 0.111. The Kier molecular flexibility index (Phi) is 7.62. The zero-order valence-electron chi connectivity index (χ0n) is 12.0. The molecule has 0 aromatic heterocycles. The third kappa shape index (κ3) is 4.66. The summed E-state index contributed by atoms with van der Waals surface area (Å²) >= 11 is 0. The molecule has 0 amide bonds. The molecule has 0 saturated heterocycles. The van der Waals surface area contributed by atoms with Crippen LogP contribution in [0.3, 0.4) is 0 Å². The third-order valence-electron chi connectivity index (χ3n) is 3.22. The summed E-state index contributed by atoms with van der Waals surface area (Å²) in [5.41, 5.74) is 2.13. The molecule has 2 nitrogen and oxygen atoms in total. The number of hydrogen-bond donors (Lipinski definition) is 2. The smallest absolute Gasteiger partial charge is 0.121 e. The number of hydrogen-bond acceptors (Lipinski definition) is 2. The van der Waals surface area contributed by atoms with Gasteiger partial charge in [0.25, 0.3) is 0 Å². The van der Waals surface area contributed by atoms with Crippen LogP contribution in [-0.2, 0) is 17.1 Å². The van der Waals surface area contributed by atoms with Crippen LogP contribution in [0.5, 0.6) is 11.5 Å².